The van der Waals surface area contributed by atoms with Gasteiger partial charge >= 0.3 is 5.97 Å². The van der Waals surface area contributed by atoms with Gasteiger partial charge in [-0.3, -0.25) is 10.2 Å². The summed E-state index contributed by atoms with van der Waals surface area (Å²) in [5, 5.41) is 6.20. The average molecular weight is 307 g/mol. The van der Waals surface area contributed by atoms with Crippen molar-refractivity contribution >= 4 is 28.7 Å². The van der Waals surface area contributed by atoms with Crippen LogP contribution in [-0.4, -0.2) is 23.8 Å². The number of ether oxygens (including phenoxy) is 1. The Labute approximate surface area is 125 Å². The van der Waals surface area contributed by atoms with Gasteiger partial charge < -0.3 is 4.74 Å². The van der Waals surface area contributed by atoms with Crippen LogP contribution in [0.1, 0.15) is 18.2 Å². The molecule has 0 amide bonds. The number of thiazole rings is 1. The average Bonchev–Trinajstić information content (AvgIpc) is 2.88. The number of hydrogen-bond acceptors (Lipinski definition) is 6. The third-order valence-corrected chi connectivity index (χ3v) is 3.25. The molecule has 0 saturated heterocycles. The lowest BCUT2D eigenvalue weighted by Gasteiger charge is -1.98. The summed E-state index contributed by atoms with van der Waals surface area (Å²) in [7, 11) is 0. The van der Waals surface area contributed by atoms with Crippen molar-refractivity contribution in [2.45, 2.75) is 13.3 Å². The molecule has 0 fully saturated rings. The summed E-state index contributed by atoms with van der Waals surface area (Å²) in [6.45, 7) is 2.10. The van der Waals surface area contributed by atoms with Gasteiger partial charge in [-0.15, -0.1) is 11.3 Å². The maximum Gasteiger partial charge on any atom is 0.311 e. The molecule has 0 unspecified atom stereocenters. The molecule has 2 aromatic rings. The number of carbonyl (C=O) groups excluding carboxylic acids is 1. The molecule has 110 valence electrons. The SMILES string of the molecule is CCOC(=O)Cc1csc(N/N=C\c2ccccc2F)n1. The van der Waals surface area contributed by atoms with E-state index in [-0.39, 0.29) is 18.2 Å². The zero-order chi connectivity index (χ0) is 15.1. The molecule has 0 saturated carbocycles. The van der Waals surface area contributed by atoms with Gasteiger partial charge in [0.2, 0.25) is 5.13 Å². The summed E-state index contributed by atoms with van der Waals surface area (Å²) >= 11 is 1.31. The van der Waals surface area contributed by atoms with Gasteiger partial charge in [-0.25, -0.2) is 9.37 Å². The highest BCUT2D eigenvalue weighted by molar-refractivity contribution is 7.13. The fraction of sp³-hybridized carbons (Fsp3) is 0.214. The zero-order valence-electron chi connectivity index (χ0n) is 11.4. The first-order valence-corrected chi connectivity index (χ1v) is 7.20. The van der Waals surface area contributed by atoms with E-state index < -0.39 is 0 Å². The van der Waals surface area contributed by atoms with E-state index in [1.165, 1.54) is 23.6 Å². The Morgan fingerprint density at radius 2 is 2.33 bits per heavy atom. The summed E-state index contributed by atoms with van der Waals surface area (Å²) in [5.41, 5.74) is 3.70. The minimum Gasteiger partial charge on any atom is -0.466 e. The topological polar surface area (TPSA) is 63.6 Å². The Balaban J connectivity index is 1.91. The first-order valence-electron chi connectivity index (χ1n) is 6.32. The van der Waals surface area contributed by atoms with Gasteiger partial charge in [0.15, 0.2) is 0 Å². The van der Waals surface area contributed by atoms with Gasteiger partial charge in [0, 0.05) is 10.9 Å². The third kappa shape index (κ3) is 4.64. The molecule has 0 aliphatic carbocycles. The highest BCUT2D eigenvalue weighted by atomic mass is 32.1. The normalized spacial score (nSPS) is 10.8. The molecule has 0 aliphatic heterocycles. The Bertz CT molecular complexity index is 643. The monoisotopic (exact) mass is 307 g/mol. The van der Waals surface area contributed by atoms with E-state index in [4.69, 9.17) is 4.74 Å². The number of hydrogen-bond donors (Lipinski definition) is 1. The van der Waals surface area contributed by atoms with Crippen LogP contribution in [0.5, 0.6) is 0 Å². The van der Waals surface area contributed by atoms with Crippen LogP contribution in [0.25, 0.3) is 0 Å². The number of carbonyl (C=O) groups is 1. The molecule has 1 aromatic heterocycles. The molecule has 0 radical (unpaired) electrons. The Hall–Kier alpha value is -2.28. The third-order valence-electron chi connectivity index (χ3n) is 2.45. The predicted octanol–water partition coefficient (Wildman–Crippen LogP) is 2.83. The summed E-state index contributed by atoms with van der Waals surface area (Å²) < 4.78 is 18.2. The minimum atomic E-state index is -0.342. The number of benzene rings is 1. The van der Waals surface area contributed by atoms with E-state index >= 15 is 0 Å². The number of hydrazone groups is 1. The van der Waals surface area contributed by atoms with E-state index in [2.05, 4.69) is 15.5 Å². The van der Waals surface area contributed by atoms with Gasteiger partial charge in [0.25, 0.3) is 0 Å². The Morgan fingerprint density at radius 3 is 3.10 bits per heavy atom. The van der Waals surface area contributed by atoms with Crippen LogP contribution >= 0.6 is 11.3 Å². The van der Waals surface area contributed by atoms with Gasteiger partial charge in [-0.1, -0.05) is 18.2 Å². The molecule has 7 heteroatoms. The van der Waals surface area contributed by atoms with Crippen molar-refractivity contribution in [2.75, 3.05) is 12.0 Å². The number of anilines is 1. The van der Waals surface area contributed by atoms with E-state index in [1.807, 2.05) is 0 Å². The van der Waals surface area contributed by atoms with Gasteiger partial charge in [0.1, 0.15) is 5.82 Å². The number of esters is 1. The summed E-state index contributed by atoms with van der Waals surface area (Å²) in [6, 6.07) is 6.32. The molecule has 5 nitrogen and oxygen atoms in total. The number of rotatable bonds is 6. The van der Waals surface area contributed by atoms with Crippen molar-refractivity contribution in [1.82, 2.24) is 4.98 Å². The molecule has 1 N–H and O–H groups in total. The smallest absolute Gasteiger partial charge is 0.311 e. The van der Waals surface area contributed by atoms with E-state index in [0.717, 1.165) is 0 Å². The predicted molar refractivity (Wildman–Crippen MR) is 80.1 cm³/mol. The van der Waals surface area contributed by atoms with Crippen LogP contribution < -0.4 is 5.43 Å². The molecule has 2 rings (SSSR count). The quantitative estimate of drug-likeness (QED) is 0.506. The van der Waals surface area contributed by atoms with Crippen molar-refractivity contribution in [3.63, 3.8) is 0 Å². The second-order valence-corrected chi connectivity index (χ2v) is 4.88. The van der Waals surface area contributed by atoms with Crippen LogP contribution in [0, 0.1) is 5.82 Å². The highest BCUT2D eigenvalue weighted by Crippen LogP contribution is 2.16. The highest BCUT2D eigenvalue weighted by Gasteiger charge is 2.07. The number of nitrogens with zero attached hydrogens (tertiary/aromatic N) is 2. The van der Waals surface area contributed by atoms with Crippen molar-refractivity contribution < 1.29 is 13.9 Å². The van der Waals surface area contributed by atoms with Crippen molar-refractivity contribution in [3.05, 3.63) is 46.7 Å². The second-order valence-electron chi connectivity index (χ2n) is 4.02. The second kappa shape index (κ2) is 7.49. The van der Waals surface area contributed by atoms with Gasteiger partial charge in [-0.05, 0) is 13.0 Å². The number of halogens is 1. The molecule has 1 heterocycles. The van der Waals surface area contributed by atoms with E-state index in [0.29, 0.717) is 23.0 Å². The van der Waals surface area contributed by atoms with Crippen molar-refractivity contribution in [3.8, 4) is 0 Å². The standard InChI is InChI=1S/C14H14FN3O2S/c1-2-20-13(19)7-11-9-21-14(17-11)18-16-8-10-5-3-4-6-12(10)15/h3-6,8-9H,2,7H2,1H3,(H,17,18)/b16-8-. The van der Waals surface area contributed by atoms with Crippen LogP contribution in [0.2, 0.25) is 0 Å². The lowest BCUT2D eigenvalue weighted by molar-refractivity contribution is -0.142. The molecule has 0 spiro atoms. The van der Waals surface area contributed by atoms with Crippen LogP contribution in [0.15, 0.2) is 34.7 Å². The molecule has 0 bridgehead atoms. The van der Waals surface area contributed by atoms with E-state index in [1.54, 1.807) is 30.5 Å². The molecule has 1 aromatic carbocycles. The molecular formula is C14H14FN3O2S. The lowest BCUT2D eigenvalue weighted by Crippen LogP contribution is -2.07. The molecule has 0 atom stereocenters. The lowest BCUT2D eigenvalue weighted by atomic mass is 10.2. The maximum absolute atomic E-state index is 13.4. The van der Waals surface area contributed by atoms with Crippen LogP contribution in [0.3, 0.4) is 0 Å². The summed E-state index contributed by atoms with van der Waals surface area (Å²) in [5.74, 6) is -0.658. The first kappa shape index (κ1) is 15.1. The van der Waals surface area contributed by atoms with Crippen molar-refractivity contribution in [1.29, 1.82) is 0 Å². The largest absolute Gasteiger partial charge is 0.466 e. The maximum atomic E-state index is 13.4. The van der Waals surface area contributed by atoms with Gasteiger partial charge in [0.05, 0.1) is 24.9 Å². The first-order chi connectivity index (χ1) is 10.2. The van der Waals surface area contributed by atoms with Crippen LogP contribution in [0.4, 0.5) is 9.52 Å². The Kier molecular flexibility index (Phi) is 5.39. The van der Waals surface area contributed by atoms with Crippen LogP contribution in [-0.2, 0) is 16.0 Å². The Morgan fingerprint density at radius 1 is 1.52 bits per heavy atom. The molecule has 0 aliphatic rings. The zero-order valence-corrected chi connectivity index (χ0v) is 12.2. The minimum absolute atomic E-state index is 0.128. The summed E-state index contributed by atoms with van der Waals surface area (Å²) in [4.78, 5) is 15.5. The van der Waals surface area contributed by atoms with Gasteiger partial charge in [-0.2, -0.15) is 5.10 Å². The fourth-order valence-electron chi connectivity index (χ4n) is 1.54. The number of nitrogens with one attached hydrogen (secondary N) is 1. The molecule has 21 heavy (non-hydrogen) atoms. The summed E-state index contributed by atoms with van der Waals surface area (Å²) in [6.07, 6.45) is 1.50. The molecular weight excluding hydrogens is 293 g/mol. The van der Waals surface area contributed by atoms with Crippen molar-refractivity contribution in [2.24, 2.45) is 5.10 Å². The number of aromatic nitrogens is 1. The van der Waals surface area contributed by atoms with E-state index in [9.17, 15) is 9.18 Å². The fourth-order valence-corrected chi connectivity index (χ4v) is 2.20.